The summed E-state index contributed by atoms with van der Waals surface area (Å²) in [6.07, 6.45) is -0.270. The summed E-state index contributed by atoms with van der Waals surface area (Å²) in [5.74, 6) is 0.523. The zero-order valence-corrected chi connectivity index (χ0v) is 16.5. The molecule has 0 fully saturated rings. The van der Waals surface area contributed by atoms with Gasteiger partial charge in [0, 0.05) is 17.5 Å². The molecule has 0 radical (unpaired) electrons. The molecule has 1 heterocycles. The summed E-state index contributed by atoms with van der Waals surface area (Å²) in [7, 11) is 0. The second kappa shape index (κ2) is 9.14. The van der Waals surface area contributed by atoms with Crippen molar-refractivity contribution in [3.05, 3.63) is 65.5 Å². The second-order valence-corrected chi connectivity index (χ2v) is 6.53. The highest BCUT2D eigenvalue weighted by Gasteiger charge is 2.19. The third-order valence-corrected chi connectivity index (χ3v) is 4.25. The number of carbonyl (C=O) groups is 2. The molecular formula is C22H22N2O5. The number of ether oxygens (including phenoxy) is 2. The molecule has 2 aromatic carbocycles. The third-order valence-electron chi connectivity index (χ3n) is 4.25. The Morgan fingerprint density at radius 1 is 1.03 bits per heavy atom. The van der Waals surface area contributed by atoms with Gasteiger partial charge >= 0.3 is 5.97 Å². The molecule has 1 aromatic heterocycles. The first-order valence-corrected chi connectivity index (χ1v) is 9.32. The van der Waals surface area contributed by atoms with Crippen LogP contribution in [0.3, 0.4) is 0 Å². The summed E-state index contributed by atoms with van der Waals surface area (Å²) in [6, 6.07) is 14.3. The maximum absolute atomic E-state index is 12.0. The maximum atomic E-state index is 12.0. The van der Waals surface area contributed by atoms with Crippen LogP contribution in [-0.2, 0) is 9.53 Å². The largest absolute Gasteiger partial charge is 0.482 e. The van der Waals surface area contributed by atoms with Gasteiger partial charge in [-0.3, -0.25) is 4.79 Å². The number of hydrogen-bond donors (Lipinski definition) is 0. The van der Waals surface area contributed by atoms with Gasteiger partial charge in [0.15, 0.2) is 18.5 Å². The molecule has 0 unspecified atom stereocenters. The normalized spacial score (nSPS) is 11.7. The first kappa shape index (κ1) is 20.3. The minimum Gasteiger partial charge on any atom is -0.482 e. The molecule has 0 saturated carbocycles. The number of aryl methyl sites for hydroxylation is 1. The van der Waals surface area contributed by atoms with E-state index in [-0.39, 0.29) is 18.3 Å². The van der Waals surface area contributed by atoms with Crippen LogP contribution in [0.25, 0.3) is 11.5 Å². The van der Waals surface area contributed by atoms with Crippen LogP contribution < -0.4 is 4.74 Å². The van der Waals surface area contributed by atoms with Crippen molar-refractivity contribution in [2.24, 2.45) is 0 Å². The SMILES string of the molecule is CCC(=O)c1ccc(OCC(=O)O[C@H](C)c2nnc(-c3ccc(C)cc3)o2)cc1. The van der Waals surface area contributed by atoms with E-state index in [1.165, 1.54) is 0 Å². The quantitative estimate of drug-likeness (QED) is 0.415. The van der Waals surface area contributed by atoms with Gasteiger partial charge in [-0.05, 0) is 50.2 Å². The van der Waals surface area contributed by atoms with Crippen LogP contribution in [0.1, 0.15) is 48.2 Å². The fourth-order valence-corrected chi connectivity index (χ4v) is 2.58. The number of esters is 1. The van der Waals surface area contributed by atoms with Gasteiger partial charge in [0.2, 0.25) is 5.89 Å². The van der Waals surface area contributed by atoms with Gasteiger partial charge in [0.25, 0.3) is 5.89 Å². The van der Waals surface area contributed by atoms with Gasteiger partial charge in [0.1, 0.15) is 5.75 Å². The monoisotopic (exact) mass is 394 g/mol. The molecule has 0 aliphatic heterocycles. The average Bonchev–Trinajstić information content (AvgIpc) is 3.23. The summed E-state index contributed by atoms with van der Waals surface area (Å²) < 4.78 is 16.3. The molecule has 7 heteroatoms. The van der Waals surface area contributed by atoms with Crippen LogP contribution in [0.4, 0.5) is 0 Å². The van der Waals surface area contributed by atoms with E-state index in [4.69, 9.17) is 13.9 Å². The number of Topliss-reactive ketones (excluding diaryl/α,β-unsaturated/α-hetero) is 1. The lowest BCUT2D eigenvalue weighted by atomic mass is 10.1. The lowest BCUT2D eigenvalue weighted by molar-refractivity contribution is -0.152. The predicted octanol–water partition coefficient (Wildman–Crippen LogP) is 4.32. The Morgan fingerprint density at radius 3 is 2.38 bits per heavy atom. The topological polar surface area (TPSA) is 91.5 Å². The van der Waals surface area contributed by atoms with E-state index < -0.39 is 12.1 Å². The van der Waals surface area contributed by atoms with E-state index >= 15 is 0 Å². The number of benzene rings is 2. The van der Waals surface area contributed by atoms with Crippen LogP contribution in [0.2, 0.25) is 0 Å². The summed E-state index contributed by atoms with van der Waals surface area (Å²) in [5.41, 5.74) is 2.53. The zero-order valence-electron chi connectivity index (χ0n) is 16.5. The predicted molar refractivity (Wildman–Crippen MR) is 106 cm³/mol. The Kier molecular flexibility index (Phi) is 6.39. The van der Waals surface area contributed by atoms with E-state index in [1.807, 2.05) is 31.2 Å². The maximum Gasteiger partial charge on any atom is 0.344 e. The van der Waals surface area contributed by atoms with E-state index in [2.05, 4.69) is 10.2 Å². The van der Waals surface area contributed by atoms with Crippen LogP contribution in [0.15, 0.2) is 52.9 Å². The highest BCUT2D eigenvalue weighted by Crippen LogP contribution is 2.23. The van der Waals surface area contributed by atoms with E-state index in [9.17, 15) is 9.59 Å². The summed E-state index contributed by atoms with van der Waals surface area (Å²) >= 11 is 0. The Balaban J connectivity index is 1.53. The molecule has 1 atom stereocenters. The van der Waals surface area contributed by atoms with Crippen LogP contribution in [0, 0.1) is 6.92 Å². The Morgan fingerprint density at radius 2 is 1.72 bits per heavy atom. The first-order chi connectivity index (χ1) is 14.0. The molecule has 3 aromatic rings. The highest BCUT2D eigenvalue weighted by molar-refractivity contribution is 5.95. The lowest BCUT2D eigenvalue weighted by Gasteiger charge is -2.10. The Hall–Kier alpha value is -3.48. The van der Waals surface area contributed by atoms with E-state index in [1.54, 1.807) is 38.1 Å². The average molecular weight is 394 g/mol. The number of ketones is 1. The molecule has 0 amide bonds. The molecule has 150 valence electrons. The molecule has 0 N–H and O–H groups in total. The van der Waals surface area contributed by atoms with Gasteiger partial charge < -0.3 is 13.9 Å². The molecular weight excluding hydrogens is 372 g/mol. The summed E-state index contributed by atoms with van der Waals surface area (Å²) in [4.78, 5) is 23.7. The minimum absolute atomic E-state index is 0.0503. The van der Waals surface area contributed by atoms with Crippen molar-refractivity contribution in [2.75, 3.05) is 6.61 Å². The molecule has 0 bridgehead atoms. The molecule has 3 rings (SSSR count). The molecule has 7 nitrogen and oxygen atoms in total. The van der Waals surface area contributed by atoms with Gasteiger partial charge in [-0.2, -0.15) is 0 Å². The summed E-state index contributed by atoms with van der Waals surface area (Å²) in [6.45, 7) is 5.17. The smallest absolute Gasteiger partial charge is 0.344 e. The molecule has 0 spiro atoms. The van der Waals surface area contributed by atoms with Crippen LogP contribution in [-0.4, -0.2) is 28.6 Å². The van der Waals surface area contributed by atoms with Crippen molar-refractivity contribution < 1.29 is 23.5 Å². The van der Waals surface area contributed by atoms with E-state index in [0.717, 1.165) is 11.1 Å². The molecule has 0 saturated heterocycles. The van der Waals surface area contributed by atoms with Crippen molar-refractivity contribution in [2.45, 2.75) is 33.3 Å². The number of carbonyl (C=O) groups excluding carboxylic acids is 2. The minimum atomic E-state index is -0.706. The standard InChI is InChI=1S/C22H22N2O5/c1-4-19(25)16-9-11-18(12-10-16)27-13-20(26)28-15(3)21-23-24-22(29-21)17-7-5-14(2)6-8-17/h5-12,15H,4,13H2,1-3H3/t15-/m1/s1. The van der Waals surface area contributed by atoms with Crippen molar-refractivity contribution >= 4 is 11.8 Å². The summed E-state index contributed by atoms with van der Waals surface area (Å²) in [5, 5.41) is 7.95. The number of aromatic nitrogens is 2. The fourth-order valence-electron chi connectivity index (χ4n) is 2.58. The molecule has 0 aliphatic rings. The Bertz CT molecular complexity index is 977. The van der Waals surface area contributed by atoms with Crippen LogP contribution in [0.5, 0.6) is 5.75 Å². The highest BCUT2D eigenvalue weighted by atomic mass is 16.6. The first-order valence-electron chi connectivity index (χ1n) is 9.32. The van der Waals surface area contributed by atoms with Crippen molar-refractivity contribution in [3.63, 3.8) is 0 Å². The van der Waals surface area contributed by atoms with Gasteiger partial charge in [-0.1, -0.05) is 24.6 Å². The van der Waals surface area contributed by atoms with Gasteiger partial charge in [-0.15, -0.1) is 10.2 Å². The van der Waals surface area contributed by atoms with Crippen molar-refractivity contribution in [1.82, 2.24) is 10.2 Å². The second-order valence-electron chi connectivity index (χ2n) is 6.53. The Labute approximate surface area is 168 Å². The molecule has 29 heavy (non-hydrogen) atoms. The fraction of sp³-hybridized carbons (Fsp3) is 0.273. The third kappa shape index (κ3) is 5.28. The van der Waals surface area contributed by atoms with Gasteiger partial charge in [0.05, 0.1) is 0 Å². The molecule has 0 aliphatic carbocycles. The number of nitrogens with zero attached hydrogens (tertiary/aromatic N) is 2. The zero-order chi connectivity index (χ0) is 20.8. The van der Waals surface area contributed by atoms with Crippen molar-refractivity contribution in [3.8, 4) is 17.2 Å². The van der Waals surface area contributed by atoms with Crippen LogP contribution >= 0.6 is 0 Å². The van der Waals surface area contributed by atoms with Crippen molar-refractivity contribution in [1.29, 1.82) is 0 Å². The number of hydrogen-bond acceptors (Lipinski definition) is 7. The number of rotatable bonds is 8. The van der Waals surface area contributed by atoms with E-state index in [0.29, 0.717) is 23.6 Å². The van der Waals surface area contributed by atoms with Gasteiger partial charge in [-0.25, -0.2) is 4.79 Å². The lowest BCUT2D eigenvalue weighted by Crippen LogP contribution is -2.17.